The number of carbonyl (C=O) groups excluding carboxylic acids is 2. The molecule has 1 aliphatic carbocycles. The van der Waals surface area contributed by atoms with Gasteiger partial charge in [0.25, 0.3) is 0 Å². The smallest absolute Gasteiger partial charge is 0.462 e. The van der Waals surface area contributed by atoms with Gasteiger partial charge in [0.2, 0.25) is 0 Å². The predicted octanol–water partition coefficient (Wildman–Crippen LogP) is 9.84. The van der Waals surface area contributed by atoms with Crippen molar-refractivity contribution in [2.45, 2.75) is 262 Å². The van der Waals surface area contributed by atoms with Crippen molar-refractivity contribution in [3.05, 3.63) is 12.2 Å². The lowest BCUT2D eigenvalue weighted by Crippen LogP contribution is -2.64. The van der Waals surface area contributed by atoms with Gasteiger partial charge < -0.3 is 39.9 Å². The van der Waals surface area contributed by atoms with Crippen LogP contribution >= 0.6 is 7.82 Å². The van der Waals surface area contributed by atoms with E-state index < -0.39 is 75.7 Å². The van der Waals surface area contributed by atoms with Crippen molar-refractivity contribution in [2.75, 3.05) is 13.2 Å². The summed E-state index contributed by atoms with van der Waals surface area (Å²) in [6, 6.07) is 0. The van der Waals surface area contributed by atoms with Crippen LogP contribution in [0.1, 0.15) is 219 Å². The largest absolute Gasteiger partial charge is 0.472 e. The van der Waals surface area contributed by atoms with Crippen LogP contribution in [0.15, 0.2) is 12.2 Å². The van der Waals surface area contributed by atoms with Crippen molar-refractivity contribution in [1.29, 1.82) is 0 Å². The van der Waals surface area contributed by atoms with Gasteiger partial charge >= 0.3 is 19.8 Å². The van der Waals surface area contributed by atoms with Gasteiger partial charge in [0.15, 0.2) is 6.10 Å². The van der Waals surface area contributed by atoms with Gasteiger partial charge in [-0.3, -0.25) is 18.6 Å². The summed E-state index contributed by atoms with van der Waals surface area (Å²) >= 11 is 0. The second-order valence-corrected chi connectivity index (χ2v) is 18.7. The summed E-state index contributed by atoms with van der Waals surface area (Å²) in [5.74, 6) is -1.09. The fourth-order valence-corrected chi connectivity index (χ4v) is 8.61. The Hall–Kier alpha value is -1.41. The molecule has 0 radical (unpaired) electrons. The van der Waals surface area contributed by atoms with Crippen LogP contribution in [0, 0.1) is 0 Å². The summed E-state index contributed by atoms with van der Waals surface area (Å²) in [4.78, 5) is 35.7. The third-order valence-electron chi connectivity index (χ3n) is 11.6. The minimum absolute atomic E-state index is 0.101. The summed E-state index contributed by atoms with van der Waals surface area (Å²) < 4.78 is 33.6. The molecule has 1 fully saturated rings. The van der Waals surface area contributed by atoms with E-state index in [-0.39, 0.29) is 12.8 Å². The van der Waals surface area contributed by atoms with E-state index >= 15 is 0 Å². The van der Waals surface area contributed by atoms with E-state index in [1.165, 1.54) is 128 Å². The number of allylic oxidation sites excluding steroid dienone is 2. The molecule has 0 aliphatic heterocycles. The predicted molar refractivity (Wildman–Crippen MR) is 240 cm³/mol. The molecule has 0 aromatic heterocycles. The van der Waals surface area contributed by atoms with Crippen LogP contribution in [0.2, 0.25) is 0 Å². The third kappa shape index (κ3) is 30.4. The van der Waals surface area contributed by atoms with Crippen LogP contribution < -0.4 is 0 Å². The topological polar surface area (TPSA) is 210 Å². The minimum atomic E-state index is -5.11. The molecule has 0 bridgehead atoms. The quantitative estimate of drug-likeness (QED) is 0.0146. The molecule has 6 unspecified atom stereocenters. The van der Waals surface area contributed by atoms with Crippen LogP contribution in [0.25, 0.3) is 0 Å². The Kier molecular flexibility index (Phi) is 35.8. The van der Waals surface area contributed by atoms with Crippen molar-refractivity contribution in [1.82, 2.24) is 0 Å². The average molecular weight is 893 g/mol. The molecule has 1 rings (SSSR count). The van der Waals surface area contributed by atoms with Crippen molar-refractivity contribution in [2.24, 2.45) is 0 Å². The van der Waals surface area contributed by atoms with E-state index in [4.69, 9.17) is 18.5 Å². The highest BCUT2D eigenvalue weighted by molar-refractivity contribution is 7.47. The number of rotatable bonds is 41. The van der Waals surface area contributed by atoms with Gasteiger partial charge in [-0.15, -0.1) is 0 Å². The van der Waals surface area contributed by atoms with Gasteiger partial charge in [0, 0.05) is 12.8 Å². The number of carbonyl (C=O) groups is 2. The van der Waals surface area contributed by atoms with Gasteiger partial charge in [-0.25, -0.2) is 4.57 Å². The van der Waals surface area contributed by atoms with E-state index in [2.05, 4.69) is 26.0 Å². The Morgan fingerprint density at radius 2 is 0.836 bits per heavy atom. The van der Waals surface area contributed by atoms with Crippen LogP contribution in [0.4, 0.5) is 0 Å². The molecule has 8 atom stereocenters. The summed E-state index contributed by atoms with van der Waals surface area (Å²) in [5.41, 5.74) is 0. The number of phosphoric ester groups is 1. The number of phosphoric acid groups is 1. The zero-order valence-electron chi connectivity index (χ0n) is 38.2. The first kappa shape index (κ1) is 57.6. The summed E-state index contributed by atoms with van der Waals surface area (Å²) in [6.07, 6.45) is 26.9. The SMILES string of the molecule is CCCCCCCCCC/C=C\CCCCCCCCCC(=O)OC[C@H](COP(=O)(O)OC1C(O)C(O)C(O)[C@@H](O)C1O)OC(=O)CCCCCCCCCCCCCCC. The Balaban J connectivity index is 2.40. The zero-order chi connectivity index (χ0) is 45.0. The Bertz CT molecular complexity index is 1120. The van der Waals surface area contributed by atoms with Crippen molar-refractivity contribution in [3.63, 3.8) is 0 Å². The lowest BCUT2D eigenvalue weighted by Gasteiger charge is -2.41. The first-order chi connectivity index (χ1) is 29.4. The number of hydrogen-bond donors (Lipinski definition) is 6. The van der Waals surface area contributed by atoms with Crippen molar-refractivity contribution in [3.8, 4) is 0 Å². The normalized spacial score (nSPS) is 22.0. The van der Waals surface area contributed by atoms with Crippen LogP contribution in [-0.4, -0.2) is 98.3 Å². The molecule has 13 nitrogen and oxygen atoms in total. The summed E-state index contributed by atoms with van der Waals surface area (Å²) in [7, 11) is -5.11. The number of esters is 2. The molecular weight excluding hydrogens is 803 g/mol. The lowest BCUT2D eigenvalue weighted by molar-refractivity contribution is -0.220. The highest BCUT2D eigenvalue weighted by Crippen LogP contribution is 2.47. The fourth-order valence-electron chi connectivity index (χ4n) is 7.64. The number of ether oxygens (including phenoxy) is 2. The van der Waals surface area contributed by atoms with E-state index in [0.717, 1.165) is 51.4 Å². The van der Waals surface area contributed by atoms with Gasteiger partial charge in [-0.1, -0.05) is 180 Å². The molecule has 0 saturated heterocycles. The van der Waals surface area contributed by atoms with E-state index in [9.17, 15) is 44.6 Å². The number of hydrogen-bond acceptors (Lipinski definition) is 12. The maximum atomic E-state index is 12.8. The maximum absolute atomic E-state index is 12.8. The van der Waals surface area contributed by atoms with Crippen LogP contribution in [0.5, 0.6) is 0 Å². The average Bonchev–Trinajstić information content (AvgIpc) is 3.24. The minimum Gasteiger partial charge on any atom is -0.462 e. The molecule has 1 aliphatic rings. The lowest BCUT2D eigenvalue weighted by atomic mass is 9.85. The Labute approximate surface area is 369 Å². The molecule has 0 aromatic carbocycles. The van der Waals surface area contributed by atoms with Gasteiger partial charge in [-0.2, -0.15) is 0 Å². The van der Waals surface area contributed by atoms with E-state index in [0.29, 0.717) is 12.8 Å². The van der Waals surface area contributed by atoms with Gasteiger partial charge in [0.1, 0.15) is 43.2 Å². The van der Waals surface area contributed by atoms with Crippen LogP contribution in [0.3, 0.4) is 0 Å². The molecule has 14 heteroatoms. The number of unbranched alkanes of at least 4 members (excludes halogenated alkanes) is 27. The molecule has 6 N–H and O–H groups in total. The number of aliphatic hydroxyl groups is 5. The Morgan fingerprint density at radius 3 is 1.25 bits per heavy atom. The first-order valence-corrected chi connectivity index (χ1v) is 26.0. The molecule has 0 spiro atoms. The van der Waals surface area contributed by atoms with Crippen LogP contribution in [-0.2, 0) is 32.7 Å². The summed E-state index contributed by atoms with van der Waals surface area (Å²) in [5, 5.41) is 50.2. The zero-order valence-corrected chi connectivity index (χ0v) is 39.1. The van der Waals surface area contributed by atoms with E-state index in [1.807, 2.05) is 0 Å². The molecule has 360 valence electrons. The Morgan fingerprint density at radius 1 is 0.492 bits per heavy atom. The molecule has 61 heavy (non-hydrogen) atoms. The van der Waals surface area contributed by atoms with Gasteiger partial charge in [-0.05, 0) is 38.5 Å². The highest BCUT2D eigenvalue weighted by atomic mass is 31.2. The first-order valence-electron chi connectivity index (χ1n) is 24.5. The third-order valence-corrected chi connectivity index (χ3v) is 12.6. The molecular formula is C47H89O13P. The van der Waals surface area contributed by atoms with Gasteiger partial charge in [0.05, 0.1) is 6.61 Å². The monoisotopic (exact) mass is 893 g/mol. The highest BCUT2D eigenvalue weighted by Gasteiger charge is 2.51. The maximum Gasteiger partial charge on any atom is 0.472 e. The van der Waals surface area contributed by atoms with E-state index in [1.54, 1.807) is 0 Å². The standard InChI is InChI=1S/C47H89O13P/c1-3-5-7-9-11-13-15-17-18-19-20-21-22-24-25-27-29-31-33-35-40(48)57-37-39(38-58-61(55,56)60-47-45(53)43(51)42(50)44(52)46(47)54)59-41(49)36-34-32-30-28-26-23-16-14-12-10-8-6-4-2/h19-20,39,42-47,50-54H,3-18,21-38H2,1-2H3,(H,55,56)/b20-19-/t39-,42?,43-,44?,45?,46?,47?/m1/s1. The second-order valence-electron chi connectivity index (χ2n) is 17.3. The second kappa shape index (κ2) is 37.9. The molecule has 0 aromatic rings. The van der Waals surface area contributed by atoms with Crippen molar-refractivity contribution >= 4 is 19.8 Å². The summed E-state index contributed by atoms with van der Waals surface area (Å²) in [6.45, 7) is 3.31. The molecule has 1 saturated carbocycles. The number of aliphatic hydroxyl groups excluding tert-OH is 5. The van der Waals surface area contributed by atoms with Crippen molar-refractivity contribution < 1.29 is 63.1 Å². The molecule has 0 amide bonds. The molecule has 0 heterocycles. The fraction of sp³-hybridized carbons (Fsp3) is 0.915.